The van der Waals surface area contributed by atoms with Gasteiger partial charge in [0.05, 0.1) is 0 Å². The van der Waals surface area contributed by atoms with E-state index in [2.05, 4.69) is 11.2 Å². The lowest BCUT2D eigenvalue weighted by Crippen LogP contribution is -2.19. The number of hydrogen-bond acceptors (Lipinski definition) is 2. The summed E-state index contributed by atoms with van der Waals surface area (Å²) in [6.45, 7) is 0.793. The summed E-state index contributed by atoms with van der Waals surface area (Å²) >= 11 is 0. The number of hydrogen-bond donors (Lipinski definition) is 1. The molecule has 0 unspecified atom stereocenters. The predicted molar refractivity (Wildman–Crippen MR) is 58.2 cm³/mol. The van der Waals surface area contributed by atoms with Crippen molar-refractivity contribution in [2.75, 3.05) is 11.9 Å². The van der Waals surface area contributed by atoms with Gasteiger partial charge in [0.2, 0.25) is 0 Å². The zero-order valence-electron chi connectivity index (χ0n) is 8.29. The first-order chi connectivity index (χ1) is 6.75. The Bertz CT molecular complexity index is 387. The molecule has 0 atom stereocenters. The Labute approximate surface area is 83.8 Å². The maximum absolute atomic E-state index is 11.2. The number of pyridine rings is 1. The van der Waals surface area contributed by atoms with E-state index in [9.17, 15) is 4.79 Å². The third-order valence-electron chi connectivity index (χ3n) is 1.99. The predicted octanol–water partition coefficient (Wildman–Crippen LogP) is 1.21. The van der Waals surface area contributed by atoms with Crippen molar-refractivity contribution in [3.8, 4) is 12.3 Å². The van der Waals surface area contributed by atoms with Crippen LogP contribution in [0, 0.1) is 12.3 Å². The van der Waals surface area contributed by atoms with E-state index in [1.807, 2.05) is 6.07 Å². The number of rotatable bonds is 4. The molecule has 14 heavy (non-hydrogen) atoms. The Kier molecular flexibility index (Phi) is 3.81. The third-order valence-corrected chi connectivity index (χ3v) is 1.99. The molecule has 74 valence electrons. The average molecular weight is 190 g/mol. The monoisotopic (exact) mass is 190 g/mol. The highest BCUT2D eigenvalue weighted by Gasteiger charge is 1.96. The van der Waals surface area contributed by atoms with E-state index in [0.29, 0.717) is 0 Å². The van der Waals surface area contributed by atoms with Gasteiger partial charge in [0, 0.05) is 26.1 Å². The van der Waals surface area contributed by atoms with Crippen LogP contribution in [0.25, 0.3) is 0 Å². The summed E-state index contributed by atoms with van der Waals surface area (Å²) in [5, 5.41) is 3.16. The molecule has 0 aromatic carbocycles. The summed E-state index contributed by atoms with van der Waals surface area (Å²) in [6.07, 6.45) is 6.80. The van der Waals surface area contributed by atoms with E-state index in [4.69, 9.17) is 6.42 Å². The SMILES string of the molecule is C#CCCCNc1cccc(=O)n1C. The summed E-state index contributed by atoms with van der Waals surface area (Å²) in [5.41, 5.74) is -0.00745. The van der Waals surface area contributed by atoms with E-state index in [0.717, 1.165) is 25.2 Å². The van der Waals surface area contributed by atoms with Gasteiger partial charge in [-0.05, 0) is 12.5 Å². The summed E-state index contributed by atoms with van der Waals surface area (Å²) in [7, 11) is 1.74. The normalized spacial score (nSPS) is 9.43. The van der Waals surface area contributed by atoms with Crippen molar-refractivity contribution in [3.05, 3.63) is 28.6 Å². The Balaban J connectivity index is 2.56. The van der Waals surface area contributed by atoms with Crippen LogP contribution in [0.1, 0.15) is 12.8 Å². The van der Waals surface area contributed by atoms with Crippen molar-refractivity contribution in [1.29, 1.82) is 0 Å². The maximum Gasteiger partial charge on any atom is 0.251 e. The van der Waals surface area contributed by atoms with Crippen molar-refractivity contribution in [1.82, 2.24) is 4.57 Å². The van der Waals surface area contributed by atoms with Crippen molar-refractivity contribution in [2.24, 2.45) is 7.05 Å². The first-order valence-corrected chi connectivity index (χ1v) is 4.59. The molecule has 0 saturated carbocycles. The molecule has 0 saturated heterocycles. The Morgan fingerprint density at radius 1 is 1.57 bits per heavy atom. The highest BCUT2D eigenvalue weighted by Crippen LogP contribution is 2.01. The van der Waals surface area contributed by atoms with Crippen LogP contribution in [0.15, 0.2) is 23.0 Å². The van der Waals surface area contributed by atoms with Crippen molar-refractivity contribution < 1.29 is 0 Å². The first-order valence-electron chi connectivity index (χ1n) is 4.59. The van der Waals surface area contributed by atoms with Crippen LogP contribution < -0.4 is 10.9 Å². The van der Waals surface area contributed by atoms with Gasteiger partial charge < -0.3 is 5.32 Å². The summed E-state index contributed by atoms with van der Waals surface area (Å²) in [4.78, 5) is 11.2. The van der Waals surface area contributed by atoms with E-state index >= 15 is 0 Å². The molecule has 0 aliphatic carbocycles. The fourth-order valence-electron chi connectivity index (χ4n) is 1.15. The standard InChI is InChI=1S/C11H14N2O/c1-3-4-5-9-12-10-7-6-8-11(14)13(10)2/h1,6-8,12H,4-5,9H2,2H3. The molecule has 1 heterocycles. The van der Waals surface area contributed by atoms with Crippen molar-refractivity contribution >= 4 is 5.82 Å². The molecule has 3 heteroatoms. The van der Waals surface area contributed by atoms with Gasteiger partial charge in [-0.1, -0.05) is 6.07 Å². The molecule has 0 bridgehead atoms. The molecule has 0 amide bonds. The van der Waals surface area contributed by atoms with Gasteiger partial charge in [-0.25, -0.2) is 0 Å². The highest BCUT2D eigenvalue weighted by molar-refractivity contribution is 5.34. The van der Waals surface area contributed by atoms with Crippen LogP contribution in [0.4, 0.5) is 5.82 Å². The van der Waals surface area contributed by atoms with Crippen LogP contribution in [-0.4, -0.2) is 11.1 Å². The van der Waals surface area contributed by atoms with Gasteiger partial charge >= 0.3 is 0 Å². The smallest absolute Gasteiger partial charge is 0.251 e. The zero-order chi connectivity index (χ0) is 10.4. The largest absolute Gasteiger partial charge is 0.371 e. The molecule has 1 N–H and O–H groups in total. The lowest BCUT2D eigenvalue weighted by atomic mass is 10.3. The number of nitrogens with zero attached hydrogens (tertiary/aromatic N) is 1. The molecule has 0 aliphatic heterocycles. The molecular formula is C11H14N2O. The van der Waals surface area contributed by atoms with Gasteiger partial charge in [-0.3, -0.25) is 9.36 Å². The van der Waals surface area contributed by atoms with Crippen LogP contribution in [-0.2, 0) is 7.05 Å². The van der Waals surface area contributed by atoms with Crippen molar-refractivity contribution in [2.45, 2.75) is 12.8 Å². The Morgan fingerprint density at radius 3 is 3.07 bits per heavy atom. The number of unbranched alkanes of at least 4 members (excludes halogenated alkanes) is 1. The van der Waals surface area contributed by atoms with E-state index in [1.54, 1.807) is 17.7 Å². The summed E-state index contributed by atoms with van der Waals surface area (Å²) < 4.78 is 1.58. The van der Waals surface area contributed by atoms with E-state index in [1.165, 1.54) is 6.07 Å². The zero-order valence-corrected chi connectivity index (χ0v) is 8.29. The number of nitrogens with one attached hydrogen (secondary N) is 1. The number of terminal acetylenes is 1. The molecule has 0 aliphatic rings. The minimum Gasteiger partial charge on any atom is -0.371 e. The Hall–Kier alpha value is -1.69. The number of aromatic nitrogens is 1. The molecule has 1 aromatic heterocycles. The lowest BCUT2D eigenvalue weighted by Gasteiger charge is -2.09. The highest BCUT2D eigenvalue weighted by atomic mass is 16.1. The summed E-state index contributed by atoms with van der Waals surface area (Å²) in [6, 6.07) is 5.15. The minimum atomic E-state index is -0.00745. The topological polar surface area (TPSA) is 34.0 Å². The second kappa shape index (κ2) is 5.13. The molecular weight excluding hydrogens is 176 g/mol. The van der Waals surface area contributed by atoms with Gasteiger partial charge in [0.25, 0.3) is 5.56 Å². The molecule has 3 nitrogen and oxygen atoms in total. The molecule has 1 aromatic rings. The molecule has 0 fully saturated rings. The van der Waals surface area contributed by atoms with Gasteiger partial charge in [-0.15, -0.1) is 12.3 Å². The first kappa shape index (κ1) is 10.4. The van der Waals surface area contributed by atoms with E-state index in [-0.39, 0.29) is 5.56 Å². The molecule has 0 spiro atoms. The van der Waals surface area contributed by atoms with Gasteiger partial charge in [-0.2, -0.15) is 0 Å². The number of anilines is 1. The van der Waals surface area contributed by atoms with Crippen LogP contribution in [0.2, 0.25) is 0 Å². The van der Waals surface area contributed by atoms with Crippen LogP contribution in [0.3, 0.4) is 0 Å². The molecule has 1 rings (SSSR count). The van der Waals surface area contributed by atoms with E-state index < -0.39 is 0 Å². The quantitative estimate of drug-likeness (QED) is 0.572. The fraction of sp³-hybridized carbons (Fsp3) is 0.364. The van der Waals surface area contributed by atoms with Crippen LogP contribution >= 0.6 is 0 Å². The second-order valence-corrected chi connectivity index (χ2v) is 3.04. The molecule has 0 radical (unpaired) electrons. The maximum atomic E-state index is 11.2. The van der Waals surface area contributed by atoms with Gasteiger partial charge in [0.1, 0.15) is 5.82 Å². The summed E-state index contributed by atoms with van der Waals surface area (Å²) in [5.74, 6) is 3.40. The van der Waals surface area contributed by atoms with Gasteiger partial charge in [0.15, 0.2) is 0 Å². The Morgan fingerprint density at radius 2 is 2.36 bits per heavy atom. The second-order valence-electron chi connectivity index (χ2n) is 3.04. The third kappa shape index (κ3) is 2.67. The van der Waals surface area contributed by atoms with Crippen molar-refractivity contribution in [3.63, 3.8) is 0 Å². The van der Waals surface area contributed by atoms with Crippen LogP contribution in [0.5, 0.6) is 0 Å². The fourth-order valence-corrected chi connectivity index (χ4v) is 1.15. The minimum absolute atomic E-state index is 0.00745. The lowest BCUT2D eigenvalue weighted by molar-refractivity contribution is 0.833. The average Bonchev–Trinajstić information content (AvgIpc) is 2.19.